The molecular formula is C22H18ClFN4O4. The summed E-state index contributed by atoms with van der Waals surface area (Å²) in [4.78, 5) is 25.5. The van der Waals surface area contributed by atoms with Crippen molar-refractivity contribution in [3.05, 3.63) is 81.6 Å². The molecule has 0 saturated carbocycles. The molecule has 1 amide bonds. The fourth-order valence-electron chi connectivity index (χ4n) is 3.39. The van der Waals surface area contributed by atoms with Gasteiger partial charge < -0.3 is 19.7 Å². The molecule has 10 heteroatoms. The van der Waals surface area contributed by atoms with Gasteiger partial charge in [-0.15, -0.1) is 0 Å². The topological polar surface area (TPSA) is 97.9 Å². The Hall–Kier alpha value is -3.69. The molecule has 0 unspecified atom stereocenters. The minimum Gasteiger partial charge on any atom is -0.495 e. The Morgan fingerprint density at radius 2 is 2.06 bits per heavy atom. The normalized spacial score (nSPS) is 11.0. The average molecular weight is 457 g/mol. The maximum absolute atomic E-state index is 13.7. The smallest absolute Gasteiger partial charge is 0.277 e. The molecule has 0 aliphatic heterocycles. The number of aliphatic hydroxyl groups is 1. The Labute approximate surface area is 186 Å². The Bertz CT molecular complexity index is 1380. The maximum atomic E-state index is 13.7. The number of nitrogens with one attached hydrogen (secondary N) is 1. The molecule has 0 bridgehead atoms. The van der Waals surface area contributed by atoms with Gasteiger partial charge in [-0.25, -0.2) is 8.91 Å². The highest BCUT2D eigenvalue weighted by Crippen LogP contribution is 2.27. The lowest BCUT2D eigenvalue weighted by atomic mass is 10.1. The van der Waals surface area contributed by atoms with Gasteiger partial charge in [0, 0.05) is 29.2 Å². The van der Waals surface area contributed by atoms with Gasteiger partial charge in [-0.05, 0) is 30.3 Å². The van der Waals surface area contributed by atoms with Crippen LogP contribution in [0.4, 0.5) is 10.1 Å². The molecule has 0 saturated heterocycles. The van der Waals surface area contributed by atoms with Crippen molar-refractivity contribution >= 4 is 28.7 Å². The van der Waals surface area contributed by atoms with Crippen LogP contribution in [0.15, 0.2) is 59.7 Å². The molecule has 32 heavy (non-hydrogen) atoms. The number of anilines is 1. The number of methoxy groups -OCH3 is 1. The Kier molecular flexibility index (Phi) is 5.93. The zero-order valence-electron chi connectivity index (χ0n) is 16.9. The average Bonchev–Trinajstić information content (AvgIpc) is 3.15. The number of amides is 1. The predicted octanol–water partition coefficient (Wildman–Crippen LogP) is 3.10. The number of fused-ring (bicyclic) bond motifs is 1. The van der Waals surface area contributed by atoms with Crippen LogP contribution < -0.4 is 15.6 Å². The summed E-state index contributed by atoms with van der Waals surface area (Å²) in [5.41, 5.74) is 1.00. The molecule has 0 atom stereocenters. The van der Waals surface area contributed by atoms with Crippen molar-refractivity contribution in [1.82, 2.24) is 14.2 Å². The van der Waals surface area contributed by atoms with Gasteiger partial charge in [-0.1, -0.05) is 23.7 Å². The minimum atomic E-state index is -0.519. The Morgan fingerprint density at radius 3 is 2.75 bits per heavy atom. The number of ether oxygens (including phenoxy) is 1. The van der Waals surface area contributed by atoms with Crippen molar-refractivity contribution in [2.45, 2.75) is 13.2 Å². The molecule has 2 N–H and O–H groups in total. The molecule has 0 aliphatic rings. The number of carbonyl (C=O) groups is 1. The zero-order valence-corrected chi connectivity index (χ0v) is 17.6. The lowest BCUT2D eigenvalue weighted by Crippen LogP contribution is -2.28. The molecule has 0 aliphatic carbocycles. The second-order valence-corrected chi connectivity index (χ2v) is 7.32. The summed E-state index contributed by atoms with van der Waals surface area (Å²) in [6.07, 6.45) is 2.91. The molecular weight excluding hydrogens is 439 g/mol. The predicted molar refractivity (Wildman–Crippen MR) is 117 cm³/mol. The summed E-state index contributed by atoms with van der Waals surface area (Å²) >= 11 is 6.07. The number of aliphatic hydroxyl groups excluding tert-OH is 1. The maximum Gasteiger partial charge on any atom is 0.277 e. The molecule has 4 aromatic rings. The molecule has 164 valence electrons. The molecule has 0 fully saturated rings. The number of aromatic nitrogens is 3. The fourth-order valence-corrected chi connectivity index (χ4v) is 3.65. The van der Waals surface area contributed by atoms with Gasteiger partial charge in [-0.2, -0.15) is 5.10 Å². The zero-order chi connectivity index (χ0) is 22.8. The Morgan fingerprint density at radius 1 is 1.25 bits per heavy atom. The van der Waals surface area contributed by atoms with Gasteiger partial charge in [0.1, 0.15) is 23.6 Å². The van der Waals surface area contributed by atoms with E-state index in [1.165, 1.54) is 52.9 Å². The summed E-state index contributed by atoms with van der Waals surface area (Å²) in [6.45, 7) is -0.754. The van der Waals surface area contributed by atoms with Crippen molar-refractivity contribution in [3.8, 4) is 17.0 Å². The van der Waals surface area contributed by atoms with Crippen LogP contribution in [0.3, 0.4) is 0 Å². The molecule has 2 heterocycles. The number of hydrogen-bond donors (Lipinski definition) is 2. The highest BCUT2D eigenvalue weighted by molar-refractivity contribution is 6.32. The van der Waals surface area contributed by atoms with Gasteiger partial charge in [0.2, 0.25) is 5.91 Å². The van der Waals surface area contributed by atoms with Crippen molar-refractivity contribution in [2.24, 2.45) is 0 Å². The van der Waals surface area contributed by atoms with Gasteiger partial charge in [0.05, 0.1) is 24.4 Å². The third kappa shape index (κ3) is 4.08. The van der Waals surface area contributed by atoms with Crippen molar-refractivity contribution in [1.29, 1.82) is 0 Å². The summed E-state index contributed by atoms with van der Waals surface area (Å²) in [5.74, 6) is -0.443. The quantitative estimate of drug-likeness (QED) is 0.464. The van der Waals surface area contributed by atoms with E-state index in [2.05, 4.69) is 10.4 Å². The van der Waals surface area contributed by atoms with E-state index in [-0.39, 0.29) is 17.6 Å². The first-order chi connectivity index (χ1) is 15.4. The second kappa shape index (κ2) is 8.81. The van der Waals surface area contributed by atoms with Crippen LogP contribution in [-0.2, 0) is 17.9 Å². The molecule has 0 spiro atoms. The SMILES string of the molecule is COc1ccc(NC(=O)Cn2ccn3nc(-c4cccc(F)c4)c(CO)c3c2=O)cc1Cl. The van der Waals surface area contributed by atoms with Crippen LogP contribution in [0.1, 0.15) is 5.56 Å². The molecule has 4 rings (SSSR count). The van der Waals surface area contributed by atoms with Gasteiger partial charge in [0.25, 0.3) is 5.56 Å². The summed E-state index contributed by atoms with van der Waals surface area (Å²) in [5, 5.41) is 17.2. The number of rotatable bonds is 6. The number of hydrogen-bond acceptors (Lipinski definition) is 5. The lowest BCUT2D eigenvalue weighted by molar-refractivity contribution is -0.116. The first-order valence-electron chi connectivity index (χ1n) is 9.52. The van der Waals surface area contributed by atoms with Crippen LogP contribution in [0, 0.1) is 5.82 Å². The van der Waals surface area contributed by atoms with Crippen LogP contribution in [-0.4, -0.2) is 32.3 Å². The standard InChI is InChI=1S/C22H18ClFN4O4/c1-32-18-6-5-15(10-17(18)23)25-19(30)11-27-7-8-28-21(22(27)31)16(12-29)20(26-28)13-3-2-4-14(24)9-13/h2-10,29H,11-12H2,1H3,(H,25,30). The largest absolute Gasteiger partial charge is 0.495 e. The van der Waals surface area contributed by atoms with Crippen LogP contribution >= 0.6 is 11.6 Å². The lowest BCUT2D eigenvalue weighted by Gasteiger charge is -2.09. The first-order valence-corrected chi connectivity index (χ1v) is 9.90. The van der Waals surface area contributed by atoms with Crippen LogP contribution in [0.5, 0.6) is 5.75 Å². The van der Waals surface area contributed by atoms with Crippen LogP contribution in [0.25, 0.3) is 16.8 Å². The van der Waals surface area contributed by atoms with Gasteiger partial charge in [0.15, 0.2) is 0 Å². The number of halogens is 2. The molecule has 2 aromatic heterocycles. The van der Waals surface area contributed by atoms with Gasteiger partial charge >= 0.3 is 0 Å². The van der Waals surface area contributed by atoms with Crippen molar-refractivity contribution < 1.29 is 19.0 Å². The van der Waals surface area contributed by atoms with Crippen molar-refractivity contribution in [3.63, 3.8) is 0 Å². The highest BCUT2D eigenvalue weighted by atomic mass is 35.5. The molecule has 2 aromatic carbocycles. The first kappa shape index (κ1) is 21.5. The van der Waals surface area contributed by atoms with E-state index in [1.807, 2.05) is 0 Å². The summed E-state index contributed by atoms with van der Waals surface area (Å²) in [7, 11) is 1.48. The van der Waals surface area contributed by atoms with E-state index in [0.717, 1.165) is 0 Å². The second-order valence-electron chi connectivity index (χ2n) is 6.92. The number of nitrogens with zero attached hydrogens (tertiary/aromatic N) is 3. The van der Waals surface area contributed by atoms with Crippen LogP contribution in [0.2, 0.25) is 5.02 Å². The minimum absolute atomic E-state index is 0.106. The van der Waals surface area contributed by atoms with E-state index in [4.69, 9.17) is 16.3 Å². The molecule has 8 nitrogen and oxygen atoms in total. The number of carbonyl (C=O) groups excluding carboxylic acids is 1. The Balaban J connectivity index is 1.65. The third-order valence-electron chi connectivity index (χ3n) is 4.87. The van der Waals surface area contributed by atoms with E-state index in [9.17, 15) is 19.1 Å². The third-order valence-corrected chi connectivity index (χ3v) is 5.16. The van der Waals surface area contributed by atoms with Gasteiger partial charge in [-0.3, -0.25) is 9.59 Å². The monoisotopic (exact) mass is 456 g/mol. The molecule has 0 radical (unpaired) electrons. The highest BCUT2D eigenvalue weighted by Gasteiger charge is 2.19. The van der Waals surface area contributed by atoms with E-state index in [1.54, 1.807) is 18.2 Å². The summed E-state index contributed by atoms with van der Waals surface area (Å²) in [6, 6.07) is 10.5. The van der Waals surface area contributed by atoms with E-state index >= 15 is 0 Å². The number of benzene rings is 2. The van der Waals surface area contributed by atoms with Crippen molar-refractivity contribution in [2.75, 3.05) is 12.4 Å². The summed E-state index contributed by atoms with van der Waals surface area (Å²) < 4.78 is 21.2. The van der Waals surface area contributed by atoms with E-state index in [0.29, 0.717) is 27.7 Å². The fraction of sp³-hybridized carbons (Fsp3) is 0.136. The van der Waals surface area contributed by atoms with E-state index < -0.39 is 23.9 Å².